The van der Waals surface area contributed by atoms with E-state index in [2.05, 4.69) is 5.32 Å². The van der Waals surface area contributed by atoms with Gasteiger partial charge in [-0.15, -0.1) is 0 Å². The van der Waals surface area contributed by atoms with Crippen LogP contribution in [0.1, 0.15) is 10.4 Å². The second-order valence-electron chi connectivity index (χ2n) is 4.22. The van der Waals surface area contributed by atoms with E-state index < -0.39 is 28.2 Å². The molecule has 0 atom stereocenters. The Morgan fingerprint density at radius 2 is 1.95 bits per heavy atom. The predicted octanol–water partition coefficient (Wildman–Crippen LogP) is 3.13. The fourth-order valence-corrected chi connectivity index (χ4v) is 1.76. The molecule has 114 valence electrons. The van der Waals surface area contributed by atoms with Gasteiger partial charge in [-0.2, -0.15) is 0 Å². The van der Waals surface area contributed by atoms with Crippen molar-refractivity contribution < 1.29 is 23.2 Å². The molecule has 0 aliphatic carbocycles. The monoisotopic (exact) mass is 308 g/mol. The number of halogens is 2. The standard InChI is InChI=1S/C14H10F2N2O4/c1-22-13-5-2-8(6-12(13)18(20)21)14(19)17-11-7-9(15)3-4-10(11)16/h2-7H,1H3,(H,17,19). The zero-order chi connectivity index (χ0) is 16.3. The topological polar surface area (TPSA) is 81.5 Å². The summed E-state index contributed by atoms with van der Waals surface area (Å²) in [4.78, 5) is 22.2. The van der Waals surface area contributed by atoms with Crippen LogP contribution in [0.4, 0.5) is 20.2 Å². The third kappa shape index (κ3) is 3.17. The highest BCUT2D eigenvalue weighted by Gasteiger charge is 2.19. The minimum absolute atomic E-state index is 0.0153. The lowest BCUT2D eigenvalue weighted by atomic mass is 10.1. The maximum Gasteiger partial charge on any atom is 0.311 e. The van der Waals surface area contributed by atoms with Gasteiger partial charge < -0.3 is 10.1 Å². The smallest absolute Gasteiger partial charge is 0.311 e. The maximum atomic E-state index is 13.5. The molecular formula is C14H10F2N2O4. The van der Waals surface area contributed by atoms with E-state index in [4.69, 9.17) is 4.74 Å². The first-order chi connectivity index (χ1) is 10.4. The number of methoxy groups -OCH3 is 1. The molecule has 0 fully saturated rings. The number of amides is 1. The Bertz CT molecular complexity index is 750. The fraction of sp³-hybridized carbons (Fsp3) is 0.0714. The molecule has 0 saturated heterocycles. The summed E-state index contributed by atoms with van der Waals surface area (Å²) < 4.78 is 31.3. The third-order valence-corrected chi connectivity index (χ3v) is 2.81. The molecule has 0 aromatic heterocycles. The molecule has 2 aromatic carbocycles. The van der Waals surface area contributed by atoms with Crippen molar-refractivity contribution >= 4 is 17.3 Å². The number of carbonyl (C=O) groups excluding carboxylic acids is 1. The van der Waals surface area contributed by atoms with Crippen molar-refractivity contribution in [2.24, 2.45) is 0 Å². The average molecular weight is 308 g/mol. The molecule has 2 aromatic rings. The molecule has 1 N–H and O–H groups in total. The first-order valence-electron chi connectivity index (χ1n) is 6.01. The van der Waals surface area contributed by atoms with Crippen LogP contribution in [0.2, 0.25) is 0 Å². The molecule has 0 heterocycles. The van der Waals surface area contributed by atoms with E-state index in [1.807, 2.05) is 0 Å². The van der Waals surface area contributed by atoms with Crippen molar-refractivity contribution in [2.75, 3.05) is 12.4 Å². The highest BCUT2D eigenvalue weighted by atomic mass is 19.1. The molecule has 22 heavy (non-hydrogen) atoms. The molecule has 0 unspecified atom stereocenters. The number of nitrogens with one attached hydrogen (secondary N) is 1. The minimum atomic E-state index is -0.822. The van der Waals surface area contributed by atoms with Crippen LogP contribution < -0.4 is 10.1 Å². The van der Waals surface area contributed by atoms with Gasteiger partial charge in [0.05, 0.1) is 17.7 Å². The average Bonchev–Trinajstić information content (AvgIpc) is 2.50. The summed E-state index contributed by atoms with van der Waals surface area (Å²) >= 11 is 0. The number of rotatable bonds is 4. The predicted molar refractivity (Wildman–Crippen MR) is 74.0 cm³/mol. The number of hydrogen-bond acceptors (Lipinski definition) is 4. The Balaban J connectivity index is 2.32. The van der Waals surface area contributed by atoms with Crippen molar-refractivity contribution in [1.29, 1.82) is 0 Å². The maximum absolute atomic E-state index is 13.5. The number of nitro benzene ring substituents is 1. The summed E-state index contributed by atoms with van der Waals surface area (Å²) in [7, 11) is 1.25. The van der Waals surface area contributed by atoms with Gasteiger partial charge in [0.15, 0.2) is 5.75 Å². The first-order valence-corrected chi connectivity index (χ1v) is 6.01. The molecular weight excluding hydrogens is 298 g/mol. The molecule has 0 aliphatic heterocycles. The lowest BCUT2D eigenvalue weighted by molar-refractivity contribution is -0.385. The van der Waals surface area contributed by atoms with E-state index in [1.54, 1.807) is 0 Å². The molecule has 0 aliphatic rings. The van der Waals surface area contributed by atoms with Gasteiger partial charge in [0.1, 0.15) is 11.6 Å². The quantitative estimate of drug-likeness (QED) is 0.695. The Labute approximate surface area is 123 Å². The molecule has 0 spiro atoms. The van der Waals surface area contributed by atoms with Gasteiger partial charge in [-0.25, -0.2) is 8.78 Å². The zero-order valence-corrected chi connectivity index (χ0v) is 11.3. The number of benzene rings is 2. The molecule has 6 nitrogen and oxygen atoms in total. The Morgan fingerprint density at radius 3 is 2.59 bits per heavy atom. The second-order valence-corrected chi connectivity index (χ2v) is 4.22. The lowest BCUT2D eigenvalue weighted by Crippen LogP contribution is -2.13. The number of hydrogen-bond donors (Lipinski definition) is 1. The van der Waals surface area contributed by atoms with E-state index in [0.717, 1.165) is 24.3 Å². The van der Waals surface area contributed by atoms with Crippen molar-refractivity contribution in [1.82, 2.24) is 0 Å². The van der Waals surface area contributed by atoms with Crippen LogP contribution in [0.5, 0.6) is 5.75 Å². The summed E-state index contributed by atoms with van der Waals surface area (Å²) in [5, 5.41) is 13.1. The Hall–Kier alpha value is -3.03. The van der Waals surface area contributed by atoms with Gasteiger partial charge >= 0.3 is 5.69 Å². The number of nitro groups is 1. The highest BCUT2D eigenvalue weighted by molar-refractivity contribution is 6.04. The molecule has 8 heteroatoms. The highest BCUT2D eigenvalue weighted by Crippen LogP contribution is 2.28. The lowest BCUT2D eigenvalue weighted by Gasteiger charge is -2.08. The van der Waals surface area contributed by atoms with Gasteiger partial charge in [0.25, 0.3) is 5.91 Å². The van der Waals surface area contributed by atoms with Crippen molar-refractivity contribution in [2.45, 2.75) is 0 Å². The zero-order valence-electron chi connectivity index (χ0n) is 11.3. The SMILES string of the molecule is COc1ccc(C(=O)Nc2cc(F)ccc2F)cc1[N+](=O)[O-]. The van der Waals surface area contributed by atoms with E-state index in [1.165, 1.54) is 19.2 Å². The van der Waals surface area contributed by atoms with Crippen molar-refractivity contribution in [3.63, 3.8) is 0 Å². The van der Waals surface area contributed by atoms with Crippen LogP contribution in [0.25, 0.3) is 0 Å². The van der Waals surface area contributed by atoms with Crippen LogP contribution in [0, 0.1) is 21.7 Å². The first kappa shape index (κ1) is 15.4. The van der Waals surface area contributed by atoms with Crippen LogP contribution in [-0.2, 0) is 0 Å². The Morgan fingerprint density at radius 1 is 1.23 bits per heavy atom. The fourth-order valence-electron chi connectivity index (χ4n) is 1.76. The summed E-state index contributed by atoms with van der Waals surface area (Å²) in [6.45, 7) is 0. The van der Waals surface area contributed by atoms with Gasteiger partial charge in [0, 0.05) is 17.7 Å². The number of ether oxygens (including phenoxy) is 1. The second kappa shape index (κ2) is 6.17. The third-order valence-electron chi connectivity index (χ3n) is 2.81. The Kier molecular flexibility index (Phi) is 4.31. The van der Waals surface area contributed by atoms with Crippen molar-refractivity contribution in [3.05, 3.63) is 63.7 Å². The summed E-state index contributed by atoms with van der Waals surface area (Å²) in [5.74, 6) is -2.37. The molecule has 0 radical (unpaired) electrons. The van der Waals surface area contributed by atoms with E-state index >= 15 is 0 Å². The van der Waals surface area contributed by atoms with E-state index in [9.17, 15) is 23.7 Å². The number of anilines is 1. The molecule has 0 bridgehead atoms. The summed E-state index contributed by atoms with van der Waals surface area (Å²) in [6.07, 6.45) is 0. The van der Waals surface area contributed by atoms with Crippen molar-refractivity contribution in [3.8, 4) is 5.75 Å². The van der Waals surface area contributed by atoms with Crippen LogP contribution in [-0.4, -0.2) is 17.9 Å². The number of nitrogens with zero attached hydrogens (tertiary/aromatic N) is 1. The van der Waals surface area contributed by atoms with Gasteiger partial charge in [-0.05, 0) is 24.3 Å². The molecule has 1 amide bonds. The summed E-state index contributed by atoms with van der Waals surface area (Å²) in [6, 6.07) is 6.09. The van der Waals surface area contributed by atoms with Crippen LogP contribution >= 0.6 is 0 Å². The van der Waals surface area contributed by atoms with Gasteiger partial charge in [0.2, 0.25) is 0 Å². The molecule has 2 rings (SSSR count). The van der Waals surface area contributed by atoms with E-state index in [-0.39, 0.29) is 17.0 Å². The van der Waals surface area contributed by atoms with Crippen LogP contribution in [0.15, 0.2) is 36.4 Å². The van der Waals surface area contributed by atoms with E-state index in [0.29, 0.717) is 0 Å². The minimum Gasteiger partial charge on any atom is -0.490 e. The largest absolute Gasteiger partial charge is 0.490 e. The number of carbonyl (C=O) groups is 1. The summed E-state index contributed by atoms with van der Waals surface area (Å²) in [5.41, 5.74) is -0.852. The van der Waals surface area contributed by atoms with Gasteiger partial charge in [-0.3, -0.25) is 14.9 Å². The normalized spacial score (nSPS) is 10.1. The van der Waals surface area contributed by atoms with Gasteiger partial charge in [-0.1, -0.05) is 0 Å². The van der Waals surface area contributed by atoms with Crippen LogP contribution in [0.3, 0.4) is 0 Å². The molecule has 0 saturated carbocycles.